The topological polar surface area (TPSA) is 130 Å². The lowest BCUT2D eigenvalue weighted by atomic mass is 10.0. The fraction of sp³-hybridized carbons (Fsp3) is 0.122. The van der Waals surface area contributed by atoms with E-state index in [1.807, 2.05) is 54.6 Å². The summed E-state index contributed by atoms with van der Waals surface area (Å²) >= 11 is 2.80. The van der Waals surface area contributed by atoms with Crippen LogP contribution in [-0.2, 0) is 29.1 Å². The predicted molar refractivity (Wildman–Crippen MR) is 208 cm³/mol. The summed E-state index contributed by atoms with van der Waals surface area (Å²) in [4.78, 5) is 47.4. The van der Waals surface area contributed by atoms with Crippen LogP contribution in [0.5, 0.6) is 0 Å². The van der Waals surface area contributed by atoms with Crippen molar-refractivity contribution < 1.29 is 14.4 Å². The van der Waals surface area contributed by atoms with Crippen molar-refractivity contribution in [3.63, 3.8) is 0 Å². The highest BCUT2D eigenvalue weighted by Gasteiger charge is 2.25. The molecule has 4 N–H and O–H groups in total. The highest BCUT2D eigenvalue weighted by atomic mass is 32.2. The molecule has 7 rings (SSSR count). The van der Waals surface area contributed by atoms with Crippen molar-refractivity contribution in [2.24, 2.45) is 0 Å². The van der Waals surface area contributed by atoms with E-state index in [-0.39, 0.29) is 17.4 Å². The summed E-state index contributed by atoms with van der Waals surface area (Å²) in [6, 6.07) is 36.3. The van der Waals surface area contributed by atoms with Crippen LogP contribution in [0.2, 0.25) is 0 Å². The Morgan fingerprint density at radius 1 is 0.923 bits per heavy atom. The number of anilines is 2. The van der Waals surface area contributed by atoms with Gasteiger partial charge in [0.15, 0.2) is 0 Å². The number of rotatable bonds is 11. The van der Waals surface area contributed by atoms with Crippen molar-refractivity contribution >= 4 is 68.5 Å². The molecule has 1 aliphatic rings. The number of hydrogen-bond acceptors (Lipinski definition) is 7. The molecule has 3 heterocycles. The van der Waals surface area contributed by atoms with Gasteiger partial charge in [0, 0.05) is 63.3 Å². The van der Waals surface area contributed by atoms with Gasteiger partial charge in [-0.25, -0.2) is 0 Å². The van der Waals surface area contributed by atoms with Crippen molar-refractivity contribution in [3.8, 4) is 6.07 Å². The first-order valence-electron chi connectivity index (χ1n) is 16.7. The SMILES string of the molecule is N#Cc1c(NC(=O)CSc2cccc(NC(=O)/C(=C/c3c[nH]c4ccccc34)NC(=O)c3ccccc3)c2)sc2c1CCN(Cc1ccccc1)C2. The number of para-hydroxylation sites is 1. The lowest BCUT2D eigenvalue weighted by Crippen LogP contribution is -2.30. The number of nitrogens with one attached hydrogen (secondary N) is 4. The zero-order valence-corrected chi connectivity index (χ0v) is 29.7. The molecule has 0 radical (unpaired) electrons. The van der Waals surface area contributed by atoms with Gasteiger partial charge in [-0.3, -0.25) is 19.3 Å². The third-order valence-electron chi connectivity index (χ3n) is 8.66. The maximum Gasteiger partial charge on any atom is 0.272 e. The fourth-order valence-electron chi connectivity index (χ4n) is 6.12. The monoisotopic (exact) mass is 722 g/mol. The normalized spacial score (nSPS) is 12.9. The summed E-state index contributed by atoms with van der Waals surface area (Å²) in [5.41, 5.74) is 5.49. The minimum Gasteiger partial charge on any atom is -0.361 e. The molecule has 4 aromatic carbocycles. The summed E-state index contributed by atoms with van der Waals surface area (Å²) in [5, 5.41) is 20.1. The molecule has 0 aliphatic carbocycles. The van der Waals surface area contributed by atoms with Gasteiger partial charge < -0.3 is 20.9 Å². The Morgan fingerprint density at radius 3 is 2.50 bits per heavy atom. The maximum atomic E-state index is 13.7. The summed E-state index contributed by atoms with van der Waals surface area (Å²) < 4.78 is 0. The van der Waals surface area contributed by atoms with Crippen LogP contribution in [0.25, 0.3) is 17.0 Å². The molecule has 0 atom stereocenters. The second kappa shape index (κ2) is 16.0. The Hall–Kier alpha value is -5.93. The minimum absolute atomic E-state index is 0.0752. The van der Waals surface area contributed by atoms with Gasteiger partial charge >= 0.3 is 0 Å². The van der Waals surface area contributed by atoms with E-state index < -0.39 is 11.8 Å². The Morgan fingerprint density at radius 2 is 1.69 bits per heavy atom. The third kappa shape index (κ3) is 8.16. The molecule has 0 fully saturated rings. The molecular weight excluding hydrogens is 689 g/mol. The Bertz CT molecular complexity index is 2330. The average Bonchev–Trinajstić information content (AvgIpc) is 3.74. The van der Waals surface area contributed by atoms with Crippen molar-refractivity contribution in [3.05, 3.63) is 154 Å². The molecule has 52 heavy (non-hydrogen) atoms. The summed E-state index contributed by atoms with van der Waals surface area (Å²) in [6.45, 7) is 2.42. The molecule has 3 amide bonds. The van der Waals surface area contributed by atoms with E-state index in [4.69, 9.17) is 0 Å². The van der Waals surface area contributed by atoms with Crippen LogP contribution in [0.15, 0.2) is 126 Å². The molecule has 258 valence electrons. The Balaban J connectivity index is 1.00. The van der Waals surface area contributed by atoms with Gasteiger partial charge in [-0.05, 0) is 60.0 Å². The van der Waals surface area contributed by atoms with Gasteiger partial charge in [0.25, 0.3) is 11.8 Å². The van der Waals surface area contributed by atoms with Gasteiger partial charge in [-0.15, -0.1) is 23.1 Å². The average molecular weight is 723 g/mol. The number of aromatic amines is 1. The number of carbonyl (C=O) groups excluding carboxylic acids is 3. The first kappa shape index (κ1) is 34.5. The number of nitriles is 1. The first-order chi connectivity index (χ1) is 25.4. The van der Waals surface area contributed by atoms with E-state index in [1.165, 1.54) is 28.7 Å². The number of benzene rings is 4. The number of amides is 3. The third-order valence-corrected chi connectivity index (χ3v) is 10.8. The van der Waals surface area contributed by atoms with Crippen LogP contribution in [0, 0.1) is 11.3 Å². The van der Waals surface area contributed by atoms with Crippen LogP contribution < -0.4 is 16.0 Å². The lowest BCUT2D eigenvalue weighted by molar-refractivity contribution is -0.114. The summed E-state index contributed by atoms with van der Waals surface area (Å²) in [6.07, 6.45) is 4.20. The van der Waals surface area contributed by atoms with Crippen LogP contribution in [0.4, 0.5) is 10.7 Å². The standard InChI is InChI=1S/C41H34N6O3S2/c42-22-34-33-18-19-47(24-27-10-3-1-4-11-27)25-37(33)52-41(34)46-38(48)26-51-31-15-9-14-30(21-31)44-40(50)36(45-39(49)28-12-5-2-6-13-28)20-29-23-43-35-17-8-7-16-32(29)35/h1-17,20-21,23,43H,18-19,24-26H2,(H,44,50)(H,45,49)(H,46,48)/b36-20-. The van der Waals surface area contributed by atoms with Crippen molar-refractivity contribution in [2.75, 3.05) is 22.9 Å². The maximum absolute atomic E-state index is 13.7. The van der Waals surface area contributed by atoms with Crippen molar-refractivity contribution in [1.82, 2.24) is 15.2 Å². The zero-order valence-electron chi connectivity index (χ0n) is 28.0. The van der Waals surface area contributed by atoms with Crippen LogP contribution in [0.3, 0.4) is 0 Å². The Kier molecular flexibility index (Phi) is 10.6. The van der Waals surface area contributed by atoms with E-state index >= 15 is 0 Å². The second-order valence-corrected chi connectivity index (χ2v) is 14.4. The molecule has 0 saturated carbocycles. The molecule has 0 spiro atoms. The molecule has 2 aromatic heterocycles. The van der Waals surface area contributed by atoms with E-state index in [2.05, 4.69) is 44.0 Å². The van der Waals surface area contributed by atoms with Crippen molar-refractivity contribution in [1.29, 1.82) is 5.26 Å². The molecule has 11 heteroatoms. The van der Waals surface area contributed by atoms with Gasteiger partial charge in [0.05, 0.1) is 11.3 Å². The van der Waals surface area contributed by atoms with Gasteiger partial charge in [-0.1, -0.05) is 72.8 Å². The number of nitrogens with zero attached hydrogens (tertiary/aromatic N) is 2. The van der Waals surface area contributed by atoms with Crippen LogP contribution in [-0.4, -0.2) is 39.9 Å². The highest BCUT2D eigenvalue weighted by Crippen LogP contribution is 2.37. The predicted octanol–water partition coefficient (Wildman–Crippen LogP) is 7.80. The molecule has 0 unspecified atom stereocenters. The number of carbonyl (C=O) groups is 3. The number of aromatic nitrogens is 1. The fourth-order valence-corrected chi connectivity index (χ4v) is 8.14. The molecular formula is C41H34N6O3S2. The number of hydrogen-bond donors (Lipinski definition) is 4. The Labute approximate surface area is 309 Å². The van der Waals surface area contributed by atoms with Crippen LogP contribution in [0.1, 0.15) is 37.5 Å². The van der Waals surface area contributed by atoms with Gasteiger partial charge in [0.2, 0.25) is 5.91 Å². The molecule has 9 nitrogen and oxygen atoms in total. The number of H-pyrrole nitrogens is 1. The van der Waals surface area contributed by atoms with Crippen LogP contribution >= 0.6 is 23.1 Å². The molecule has 6 aromatic rings. The number of thiophene rings is 1. The summed E-state index contributed by atoms with van der Waals surface area (Å²) in [7, 11) is 0. The highest BCUT2D eigenvalue weighted by molar-refractivity contribution is 8.00. The zero-order chi connectivity index (χ0) is 35.9. The molecule has 0 bridgehead atoms. The van der Waals surface area contributed by atoms with Crippen molar-refractivity contribution in [2.45, 2.75) is 24.4 Å². The summed E-state index contributed by atoms with van der Waals surface area (Å²) in [5.74, 6) is -1.01. The number of fused-ring (bicyclic) bond motifs is 2. The second-order valence-electron chi connectivity index (χ2n) is 12.3. The largest absolute Gasteiger partial charge is 0.361 e. The number of thioether (sulfide) groups is 1. The van der Waals surface area contributed by atoms with E-state index in [0.29, 0.717) is 21.8 Å². The molecule has 1 aliphatic heterocycles. The lowest BCUT2D eigenvalue weighted by Gasteiger charge is -2.26. The molecule has 0 saturated heterocycles. The minimum atomic E-state index is -0.498. The smallest absolute Gasteiger partial charge is 0.272 e. The van der Waals surface area contributed by atoms with E-state index in [0.717, 1.165) is 57.9 Å². The first-order valence-corrected chi connectivity index (χ1v) is 18.5. The van der Waals surface area contributed by atoms with Gasteiger partial charge in [-0.2, -0.15) is 5.26 Å². The van der Waals surface area contributed by atoms with E-state index in [9.17, 15) is 19.6 Å². The van der Waals surface area contributed by atoms with E-state index in [1.54, 1.807) is 54.7 Å². The van der Waals surface area contributed by atoms with Gasteiger partial charge in [0.1, 0.15) is 16.8 Å². The quantitative estimate of drug-likeness (QED) is 0.0798.